The minimum absolute atomic E-state index is 0.222. The van der Waals surface area contributed by atoms with E-state index in [1.807, 2.05) is 24.3 Å². The van der Waals surface area contributed by atoms with Crippen molar-refractivity contribution < 1.29 is 23.5 Å². The average Bonchev–Trinajstić information content (AvgIpc) is 3.25. The quantitative estimate of drug-likeness (QED) is 0.298. The van der Waals surface area contributed by atoms with E-state index in [1.54, 1.807) is 23.6 Å². The molecule has 2 heterocycles. The molecule has 0 saturated carbocycles. The molecule has 0 aliphatic carbocycles. The van der Waals surface area contributed by atoms with E-state index in [0.717, 1.165) is 10.0 Å². The third-order valence-corrected chi connectivity index (χ3v) is 5.62. The van der Waals surface area contributed by atoms with Crippen LogP contribution in [0.2, 0.25) is 0 Å². The third kappa shape index (κ3) is 4.71. The van der Waals surface area contributed by atoms with E-state index < -0.39 is 24.1 Å². The first-order chi connectivity index (χ1) is 15.4. The highest BCUT2D eigenvalue weighted by Crippen LogP contribution is 2.27. The summed E-state index contributed by atoms with van der Waals surface area (Å²) in [5.41, 5.74) is 0.616. The van der Waals surface area contributed by atoms with Gasteiger partial charge in [-0.3, -0.25) is 10.1 Å². The standard InChI is InChI=1S/C22H15BrN2O6S/c1-29-17-7-3-5-13-9-15(21(28)31-19(13)17)20(27)30-10-18(26)25-22-24-16(11-32-22)12-4-2-6-14(23)8-12/h2-9,11H,10H2,1H3,(H,24,25,26). The molecular weight excluding hydrogens is 500 g/mol. The van der Waals surface area contributed by atoms with Crippen LogP contribution in [0.25, 0.3) is 22.2 Å². The summed E-state index contributed by atoms with van der Waals surface area (Å²) in [7, 11) is 1.44. The van der Waals surface area contributed by atoms with Gasteiger partial charge >= 0.3 is 11.6 Å². The number of rotatable bonds is 6. The second kappa shape index (κ2) is 9.33. The summed E-state index contributed by atoms with van der Waals surface area (Å²) in [5, 5.41) is 5.23. The topological polar surface area (TPSA) is 108 Å². The van der Waals surface area contributed by atoms with Gasteiger partial charge in [-0.2, -0.15) is 0 Å². The van der Waals surface area contributed by atoms with E-state index in [2.05, 4.69) is 26.2 Å². The highest BCUT2D eigenvalue weighted by atomic mass is 79.9. The molecule has 0 atom stereocenters. The molecule has 162 valence electrons. The minimum atomic E-state index is -0.965. The van der Waals surface area contributed by atoms with Crippen molar-refractivity contribution >= 4 is 55.2 Å². The zero-order valence-electron chi connectivity index (χ0n) is 16.6. The molecule has 4 rings (SSSR count). The van der Waals surface area contributed by atoms with Gasteiger partial charge in [0.25, 0.3) is 5.91 Å². The van der Waals surface area contributed by atoms with Gasteiger partial charge in [-0.05, 0) is 24.3 Å². The van der Waals surface area contributed by atoms with Crippen LogP contribution >= 0.6 is 27.3 Å². The van der Waals surface area contributed by atoms with Gasteiger partial charge in [-0.25, -0.2) is 14.6 Å². The van der Waals surface area contributed by atoms with Crippen LogP contribution in [0.5, 0.6) is 5.75 Å². The van der Waals surface area contributed by atoms with Crippen LogP contribution in [0.4, 0.5) is 5.13 Å². The molecule has 0 aliphatic heterocycles. The molecule has 0 radical (unpaired) electrons. The number of benzene rings is 2. The second-order valence-electron chi connectivity index (χ2n) is 6.50. The number of fused-ring (bicyclic) bond motifs is 1. The van der Waals surface area contributed by atoms with Crippen molar-refractivity contribution in [1.29, 1.82) is 0 Å². The summed E-state index contributed by atoms with van der Waals surface area (Å²) in [6, 6.07) is 13.9. The van der Waals surface area contributed by atoms with Crippen molar-refractivity contribution in [1.82, 2.24) is 4.98 Å². The number of carbonyl (C=O) groups is 2. The molecule has 0 aliphatic rings. The summed E-state index contributed by atoms with van der Waals surface area (Å²) >= 11 is 4.65. The zero-order valence-corrected chi connectivity index (χ0v) is 19.0. The molecule has 4 aromatic rings. The lowest BCUT2D eigenvalue weighted by atomic mass is 10.2. The van der Waals surface area contributed by atoms with Crippen LogP contribution in [0, 0.1) is 0 Å². The molecule has 2 aromatic heterocycles. The van der Waals surface area contributed by atoms with Gasteiger partial charge in [0.1, 0.15) is 5.56 Å². The second-order valence-corrected chi connectivity index (χ2v) is 8.27. The number of thiazole rings is 1. The lowest BCUT2D eigenvalue weighted by Gasteiger charge is -2.06. The predicted molar refractivity (Wildman–Crippen MR) is 123 cm³/mol. The highest BCUT2D eigenvalue weighted by Gasteiger charge is 2.18. The van der Waals surface area contributed by atoms with E-state index in [9.17, 15) is 14.4 Å². The molecule has 2 aromatic carbocycles. The molecular formula is C22H15BrN2O6S. The number of methoxy groups -OCH3 is 1. The number of amides is 1. The lowest BCUT2D eigenvalue weighted by Crippen LogP contribution is -2.23. The third-order valence-electron chi connectivity index (χ3n) is 4.37. The first-order valence-electron chi connectivity index (χ1n) is 9.24. The fraction of sp³-hybridized carbons (Fsp3) is 0.0909. The van der Waals surface area contributed by atoms with Crippen LogP contribution in [0.3, 0.4) is 0 Å². The van der Waals surface area contributed by atoms with Crippen LogP contribution in [-0.2, 0) is 9.53 Å². The monoisotopic (exact) mass is 514 g/mol. The first-order valence-corrected chi connectivity index (χ1v) is 10.9. The Balaban J connectivity index is 1.41. The van der Waals surface area contributed by atoms with Crippen molar-refractivity contribution in [2.24, 2.45) is 0 Å². The van der Waals surface area contributed by atoms with E-state index in [-0.39, 0.29) is 11.1 Å². The Morgan fingerprint density at radius 2 is 2.00 bits per heavy atom. The number of hydrogen-bond donors (Lipinski definition) is 1. The fourth-order valence-electron chi connectivity index (χ4n) is 2.90. The van der Waals surface area contributed by atoms with Gasteiger partial charge in [-0.15, -0.1) is 11.3 Å². The lowest BCUT2D eigenvalue weighted by molar-refractivity contribution is -0.119. The van der Waals surface area contributed by atoms with Crippen molar-refractivity contribution in [2.75, 3.05) is 19.0 Å². The van der Waals surface area contributed by atoms with Crippen molar-refractivity contribution in [3.63, 3.8) is 0 Å². The minimum Gasteiger partial charge on any atom is -0.493 e. The van der Waals surface area contributed by atoms with E-state index in [1.165, 1.54) is 24.5 Å². The molecule has 0 fully saturated rings. The summed E-state index contributed by atoms with van der Waals surface area (Å²) in [5.74, 6) is -1.18. The van der Waals surface area contributed by atoms with Gasteiger partial charge in [0.05, 0.1) is 12.8 Å². The Kier molecular flexibility index (Phi) is 6.33. The maximum Gasteiger partial charge on any atom is 0.351 e. The molecule has 1 N–H and O–H groups in total. The number of hydrogen-bond acceptors (Lipinski definition) is 8. The number of carbonyl (C=O) groups excluding carboxylic acids is 2. The van der Waals surface area contributed by atoms with Crippen LogP contribution in [0.15, 0.2) is 67.6 Å². The van der Waals surface area contributed by atoms with Crippen molar-refractivity contribution in [2.45, 2.75) is 0 Å². The fourth-order valence-corrected chi connectivity index (χ4v) is 4.03. The number of aromatic nitrogens is 1. The van der Waals surface area contributed by atoms with E-state index >= 15 is 0 Å². The molecule has 0 bridgehead atoms. The van der Waals surface area contributed by atoms with Gasteiger partial charge < -0.3 is 13.9 Å². The Bertz CT molecular complexity index is 1380. The maximum atomic E-state index is 12.3. The number of halogens is 1. The summed E-state index contributed by atoms with van der Waals surface area (Å²) in [4.78, 5) is 41.1. The molecule has 0 spiro atoms. The molecule has 10 heteroatoms. The molecule has 0 unspecified atom stereocenters. The number of nitrogens with one attached hydrogen (secondary N) is 1. The smallest absolute Gasteiger partial charge is 0.351 e. The van der Waals surface area contributed by atoms with Gasteiger partial charge in [0.2, 0.25) is 0 Å². The number of anilines is 1. The maximum absolute atomic E-state index is 12.3. The Morgan fingerprint density at radius 1 is 1.19 bits per heavy atom. The number of esters is 1. The summed E-state index contributed by atoms with van der Waals surface area (Å²) in [6.07, 6.45) is 0. The summed E-state index contributed by atoms with van der Waals surface area (Å²) in [6.45, 7) is -0.583. The molecule has 1 amide bonds. The largest absolute Gasteiger partial charge is 0.493 e. The van der Waals surface area contributed by atoms with Crippen LogP contribution < -0.4 is 15.7 Å². The molecule has 0 saturated heterocycles. The molecule has 32 heavy (non-hydrogen) atoms. The Morgan fingerprint density at radius 3 is 2.78 bits per heavy atom. The Labute approximate surface area is 193 Å². The van der Waals surface area contributed by atoms with Crippen molar-refractivity contribution in [3.05, 3.63) is 74.4 Å². The van der Waals surface area contributed by atoms with Gasteiger partial charge in [-0.1, -0.05) is 40.2 Å². The molecule has 8 nitrogen and oxygen atoms in total. The van der Waals surface area contributed by atoms with Gasteiger partial charge in [0, 0.05) is 20.8 Å². The van der Waals surface area contributed by atoms with Gasteiger partial charge in [0.15, 0.2) is 23.1 Å². The number of ether oxygens (including phenoxy) is 2. The van der Waals surface area contributed by atoms with E-state index in [4.69, 9.17) is 13.9 Å². The van der Waals surface area contributed by atoms with Crippen LogP contribution in [0.1, 0.15) is 10.4 Å². The van der Waals surface area contributed by atoms with Crippen molar-refractivity contribution in [3.8, 4) is 17.0 Å². The SMILES string of the molecule is COc1cccc2cc(C(=O)OCC(=O)Nc3nc(-c4cccc(Br)c4)cs3)c(=O)oc12. The number of para-hydroxylation sites is 1. The highest BCUT2D eigenvalue weighted by molar-refractivity contribution is 9.10. The van der Waals surface area contributed by atoms with E-state index in [0.29, 0.717) is 22.0 Å². The normalized spacial score (nSPS) is 10.7. The first kappa shape index (κ1) is 21.7. The number of nitrogens with zero attached hydrogens (tertiary/aromatic N) is 1. The average molecular weight is 515 g/mol. The van der Waals surface area contributed by atoms with Crippen LogP contribution in [-0.4, -0.2) is 30.6 Å². The summed E-state index contributed by atoms with van der Waals surface area (Å²) < 4.78 is 16.2. The predicted octanol–water partition coefficient (Wildman–Crippen LogP) is 4.48. The Hall–Kier alpha value is -3.50. The zero-order chi connectivity index (χ0) is 22.7.